The summed E-state index contributed by atoms with van der Waals surface area (Å²) in [6, 6.07) is 11.9. The Balaban J connectivity index is 0.000000336. The van der Waals surface area contributed by atoms with Crippen molar-refractivity contribution in [3.05, 3.63) is 82.9 Å². The minimum Gasteiger partial charge on any atom is -0.508 e. The van der Waals surface area contributed by atoms with Gasteiger partial charge in [0.2, 0.25) is 0 Å². The summed E-state index contributed by atoms with van der Waals surface area (Å²) >= 11 is 0. The number of aromatic hydroxyl groups is 2. The number of phenolic OH excluding ortho intramolecular Hbond substituents is 1. The third kappa shape index (κ3) is 7.64. The highest BCUT2D eigenvalue weighted by atomic mass is 19.1. The average Bonchev–Trinajstić information content (AvgIpc) is 2.81. The van der Waals surface area contributed by atoms with Crippen molar-refractivity contribution in [3.63, 3.8) is 0 Å². The number of carbonyl (C=O) groups excluding carboxylic acids is 1. The monoisotopic (exact) mass is 530 g/mol. The molecule has 0 fully saturated rings. The molecule has 0 saturated heterocycles. The van der Waals surface area contributed by atoms with Crippen LogP contribution in [0.15, 0.2) is 54.6 Å². The third-order valence-corrected chi connectivity index (χ3v) is 5.56. The van der Waals surface area contributed by atoms with Gasteiger partial charge in [0, 0.05) is 29.8 Å². The van der Waals surface area contributed by atoms with Crippen LogP contribution in [0.25, 0.3) is 0 Å². The highest BCUT2D eigenvalue weighted by molar-refractivity contribution is 5.96. The number of hydrogen-bond donors (Lipinski definition) is 6. The molecule has 11 heteroatoms. The van der Waals surface area contributed by atoms with Crippen molar-refractivity contribution in [1.82, 2.24) is 5.32 Å². The molecule has 1 heterocycles. The Hall–Kier alpha value is -4.22. The lowest BCUT2D eigenvalue weighted by Crippen LogP contribution is -2.43. The molecule has 1 aliphatic heterocycles. The quantitative estimate of drug-likeness (QED) is 0.271. The van der Waals surface area contributed by atoms with Gasteiger partial charge in [-0.15, -0.1) is 0 Å². The first kappa shape index (κ1) is 28.4. The zero-order chi connectivity index (χ0) is 28.0. The number of para-hydroxylation sites is 1. The zero-order valence-corrected chi connectivity index (χ0v) is 20.7. The largest absolute Gasteiger partial charge is 0.508 e. The number of carbonyl (C=O) groups is 2. The molecule has 0 aliphatic carbocycles. The number of aliphatic hydroxyl groups excluding tert-OH is 1. The molecular formula is C27H28F2N2O7. The molecule has 4 rings (SSSR count). The van der Waals surface area contributed by atoms with Crippen LogP contribution in [-0.2, 0) is 11.2 Å². The van der Waals surface area contributed by atoms with Gasteiger partial charge in [-0.2, -0.15) is 0 Å². The van der Waals surface area contributed by atoms with E-state index in [0.717, 1.165) is 6.07 Å². The number of carboxylic acids is 1. The predicted molar refractivity (Wildman–Crippen MR) is 134 cm³/mol. The molecule has 9 nitrogen and oxygen atoms in total. The first-order valence-electron chi connectivity index (χ1n) is 11.5. The van der Waals surface area contributed by atoms with Crippen LogP contribution in [0.1, 0.15) is 41.4 Å². The van der Waals surface area contributed by atoms with Gasteiger partial charge >= 0.3 is 5.97 Å². The zero-order valence-electron chi connectivity index (χ0n) is 20.7. The number of nitrogens with one attached hydrogen (secondary N) is 2. The third-order valence-electron chi connectivity index (χ3n) is 5.56. The van der Waals surface area contributed by atoms with Crippen molar-refractivity contribution in [3.8, 4) is 17.2 Å². The predicted octanol–water partition coefficient (Wildman–Crippen LogP) is 3.74. The van der Waals surface area contributed by atoms with E-state index < -0.39 is 29.2 Å². The van der Waals surface area contributed by atoms with E-state index in [-0.39, 0.29) is 36.1 Å². The number of fused-ring (bicyclic) bond motifs is 1. The topological polar surface area (TPSA) is 148 Å². The second-order valence-electron chi connectivity index (χ2n) is 9.31. The van der Waals surface area contributed by atoms with Gasteiger partial charge in [-0.3, -0.25) is 4.79 Å². The van der Waals surface area contributed by atoms with Gasteiger partial charge in [0.25, 0.3) is 5.91 Å². The second-order valence-corrected chi connectivity index (χ2v) is 9.31. The molecule has 1 atom stereocenters. The van der Waals surface area contributed by atoms with Crippen LogP contribution in [0.5, 0.6) is 17.2 Å². The molecule has 1 aliphatic rings. The summed E-state index contributed by atoms with van der Waals surface area (Å²) in [6.45, 7) is 3.61. The van der Waals surface area contributed by atoms with Crippen LogP contribution in [0.3, 0.4) is 0 Å². The van der Waals surface area contributed by atoms with Gasteiger partial charge in [0.1, 0.15) is 34.4 Å². The summed E-state index contributed by atoms with van der Waals surface area (Å²) in [6.07, 6.45) is -0.710. The van der Waals surface area contributed by atoms with Crippen LogP contribution in [0.4, 0.5) is 14.5 Å². The highest BCUT2D eigenvalue weighted by Crippen LogP contribution is 2.38. The maximum Gasteiger partial charge on any atom is 0.339 e. The van der Waals surface area contributed by atoms with Crippen LogP contribution in [0, 0.1) is 11.6 Å². The Morgan fingerprint density at radius 3 is 2.37 bits per heavy atom. The van der Waals surface area contributed by atoms with E-state index in [1.54, 1.807) is 12.1 Å². The molecule has 0 saturated carbocycles. The summed E-state index contributed by atoms with van der Waals surface area (Å²) in [7, 11) is 0. The molecular weight excluding hydrogens is 502 g/mol. The molecule has 0 unspecified atom stereocenters. The number of aromatic carboxylic acids is 1. The van der Waals surface area contributed by atoms with Gasteiger partial charge < -0.3 is 35.8 Å². The maximum atomic E-state index is 13.4. The Bertz CT molecular complexity index is 1310. The summed E-state index contributed by atoms with van der Waals surface area (Å²) in [4.78, 5) is 21.7. The number of rotatable bonds is 7. The molecule has 38 heavy (non-hydrogen) atoms. The van der Waals surface area contributed by atoms with Gasteiger partial charge in [-0.25, -0.2) is 13.6 Å². The SMILES string of the molecule is CC(C)(Cc1cc(F)cc(F)c1)NC[C@H](O)c1cc(O)cc2c1OCC(=O)N2.O=C(O)c1ccccc1O. The Kier molecular flexibility index (Phi) is 8.87. The first-order chi connectivity index (χ1) is 17.8. The van der Waals surface area contributed by atoms with Crippen LogP contribution in [0.2, 0.25) is 0 Å². The van der Waals surface area contributed by atoms with E-state index in [2.05, 4.69) is 10.6 Å². The Morgan fingerprint density at radius 1 is 1.11 bits per heavy atom. The van der Waals surface area contributed by atoms with E-state index >= 15 is 0 Å². The molecule has 0 spiro atoms. The van der Waals surface area contributed by atoms with Crippen molar-refractivity contribution < 1.29 is 43.5 Å². The number of phenols is 2. The first-order valence-corrected chi connectivity index (χ1v) is 11.5. The van der Waals surface area contributed by atoms with Crippen molar-refractivity contribution in [2.75, 3.05) is 18.5 Å². The normalized spacial score (nSPS) is 13.3. The smallest absolute Gasteiger partial charge is 0.339 e. The van der Waals surface area contributed by atoms with E-state index in [4.69, 9.17) is 14.9 Å². The fourth-order valence-corrected chi connectivity index (χ4v) is 3.88. The highest BCUT2D eigenvalue weighted by Gasteiger charge is 2.26. The lowest BCUT2D eigenvalue weighted by atomic mass is 9.94. The standard InChI is InChI=1S/C20H22F2N2O4.C7H6O3/c1-20(2,8-11-3-12(21)5-13(22)4-11)23-9-17(26)15-6-14(25)7-16-19(15)28-10-18(27)24-16;8-6-4-2-1-3-5(6)7(9)10/h3-7,17,23,25-26H,8-10H2,1-2H3,(H,24,27);1-4,8H,(H,9,10)/t17-;/m0./s1. The summed E-state index contributed by atoms with van der Waals surface area (Å²) in [5.74, 6) is -2.76. The van der Waals surface area contributed by atoms with Gasteiger partial charge in [0.15, 0.2) is 6.61 Å². The van der Waals surface area contributed by atoms with E-state index in [1.807, 2.05) is 13.8 Å². The number of ether oxygens (including phenoxy) is 1. The fraction of sp³-hybridized carbons (Fsp3) is 0.259. The summed E-state index contributed by atoms with van der Waals surface area (Å²) in [5.41, 5.74) is 0.468. The number of amides is 1. The Labute approximate surface area is 217 Å². The number of β-amino-alcohol motifs (C(OH)–C–C–N with tert-alkyl or cyclic N) is 1. The van der Waals surface area contributed by atoms with Crippen LogP contribution >= 0.6 is 0 Å². The number of halogens is 2. The lowest BCUT2D eigenvalue weighted by molar-refractivity contribution is -0.118. The number of benzene rings is 3. The van der Waals surface area contributed by atoms with Gasteiger partial charge in [0.05, 0.1) is 11.8 Å². The molecule has 202 valence electrons. The minimum atomic E-state index is -1.11. The van der Waals surface area contributed by atoms with Crippen molar-refractivity contribution in [2.45, 2.75) is 31.9 Å². The molecule has 0 aromatic heterocycles. The molecule has 1 amide bonds. The van der Waals surface area contributed by atoms with Crippen molar-refractivity contribution in [1.29, 1.82) is 0 Å². The van der Waals surface area contributed by atoms with Crippen molar-refractivity contribution >= 4 is 17.6 Å². The number of hydrogen-bond acceptors (Lipinski definition) is 7. The van der Waals surface area contributed by atoms with E-state index in [0.29, 0.717) is 29.0 Å². The van der Waals surface area contributed by atoms with E-state index in [9.17, 15) is 28.6 Å². The molecule has 6 N–H and O–H groups in total. The summed E-state index contributed by atoms with van der Waals surface area (Å²) in [5, 5.41) is 43.5. The van der Waals surface area contributed by atoms with E-state index in [1.165, 1.54) is 36.4 Å². The fourth-order valence-electron chi connectivity index (χ4n) is 3.88. The molecule has 0 bridgehead atoms. The molecule has 3 aromatic carbocycles. The van der Waals surface area contributed by atoms with Gasteiger partial charge in [-0.05, 0) is 56.2 Å². The molecule has 0 radical (unpaired) electrons. The van der Waals surface area contributed by atoms with Crippen molar-refractivity contribution in [2.24, 2.45) is 0 Å². The maximum absolute atomic E-state index is 13.4. The lowest BCUT2D eigenvalue weighted by Gasteiger charge is -2.29. The summed E-state index contributed by atoms with van der Waals surface area (Å²) < 4.78 is 32.2. The average molecular weight is 531 g/mol. The Morgan fingerprint density at radius 2 is 1.76 bits per heavy atom. The van der Waals surface area contributed by atoms with Crippen LogP contribution < -0.4 is 15.4 Å². The second kappa shape index (κ2) is 11.9. The number of aliphatic hydroxyl groups is 1. The number of carboxylic acid groups (broad SMARTS) is 1. The minimum absolute atomic E-state index is 0.0671. The van der Waals surface area contributed by atoms with Crippen LogP contribution in [-0.4, -0.2) is 51.0 Å². The molecule has 3 aromatic rings. The number of anilines is 1. The van der Waals surface area contributed by atoms with Gasteiger partial charge in [-0.1, -0.05) is 12.1 Å².